The van der Waals surface area contributed by atoms with Crippen LogP contribution in [0.2, 0.25) is 0 Å². The summed E-state index contributed by atoms with van der Waals surface area (Å²) in [7, 11) is 0. The summed E-state index contributed by atoms with van der Waals surface area (Å²) < 4.78 is 0. The van der Waals surface area contributed by atoms with Crippen LogP contribution >= 0.6 is 11.8 Å². The van der Waals surface area contributed by atoms with Crippen LogP contribution in [-0.2, 0) is 14.4 Å². The van der Waals surface area contributed by atoms with E-state index in [9.17, 15) is 19.2 Å². The summed E-state index contributed by atoms with van der Waals surface area (Å²) in [5, 5.41) is 1.64. The highest BCUT2D eigenvalue weighted by molar-refractivity contribution is 7.99. The minimum absolute atomic E-state index is 0.143. The third-order valence-electron chi connectivity index (χ3n) is 2.58. The molecule has 1 aliphatic rings. The van der Waals surface area contributed by atoms with Gasteiger partial charge in [0.15, 0.2) is 6.29 Å². The second-order valence-corrected chi connectivity index (χ2v) is 4.56. The smallest absolute Gasteiger partial charge is 0.325 e. The lowest BCUT2D eigenvalue weighted by molar-refractivity contribution is -0.153. The van der Waals surface area contributed by atoms with Crippen molar-refractivity contribution < 1.29 is 19.2 Å². The molecule has 1 atom stereocenters. The lowest BCUT2D eigenvalue weighted by Crippen LogP contribution is -2.59. The Balaban J connectivity index is 2.68. The van der Waals surface area contributed by atoms with Crippen LogP contribution in [0.5, 0.6) is 0 Å². The quantitative estimate of drug-likeness (QED) is 0.415. The molecule has 18 heavy (non-hydrogen) atoms. The molecule has 4 amide bonds. The van der Waals surface area contributed by atoms with Gasteiger partial charge in [-0.25, -0.2) is 4.79 Å². The molecule has 1 heterocycles. The largest absolute Gasteiger partial charge is 0.333 e. The topological polar surface area (TPSA) is 86.8 Å². The molecule has 1 fully saturated rings. The summed E-state index contributed by atoms with van der Waals surface area (Å²) in [6.07, 6.45) is 2.22. The Morgan fingerprint density at radius 1 is 1.44 bits per heavy atom. The average molecular weight is 273 g/mol. The van der Waals surface area contributed by atoms with E-state index < -0.39 is 23.2 Å². The summed E-state index contributed by atoms with van der Waals surface area (Å²) >= 11 is 1.14. The first-order valence-electron chi connectivity index (χ1n) is 5.44. The van der Waals surface area contributed by atoms with Gasteiger partial charge in [-0.1, -0.05) is 0 Å². The molecule has 0 radical (unpaired) electrons. The maximum Gasteiger partial charge on any atom is 0.325 e. The molecule has 0 saturated carbocycles. The Labute approximate surface area is 109 Å². The van der Waals surface area contributed by atoms with E-state index in [1.165, 1.54) is 4.90 Å². The first-order chi connectivity index (χ1) is 8.54. The third kappa shape index (κ3) is 3.00. The van der Waals surface area contributed by atoms with Gasteiger partial charge in [0.1, 0.15) is 5.37 Å². The maximum absolute atomic E-state index is 11.7. The number of imide groups is 1. The van der Waals surface area contributed by atoms with Crippen LogP contribution in [0, 0.1) is 0 Å². The highest BCUT2D eigenvalue weighted by Gasteiger charge is 2.35. The van der Waals surface area contributed by atoms with Crippen LogP contribution in [-0.4, -0.2) is 65.2 Å². The van der Waals surface area contributed by atoms with Gasteiger partial charge in [0.25, 0.3) is 0 Å². The van der Waals surface area contributed by atoms with Crippen molar-refractivity contribution in [1.82, 2.24) is 15.1 Å². The van der Waals surface area contributed by atoms with E-state index in [0.29, 0.717) is 19.4 Å². The van der Waals surface area contributed by atoms with Gasteiger partial charge >= 0.3 is 17.8 Å². The summed E-state index contributed by atoms with van der Waals surface area (Å²) in [6.45, 7) is 2.66. The van der Waals surface area contributed by atoms with E-state index in [0.717, 1.165) is 16.7 Å². The molecule has 100 valence electrons. The van der Waals surface area contributed by atoms with E-state index in [1.54, 1.807) is 13.2 Å². The van der Waals surface area contributed by atoms with E-state index in [1.807, 2.05) is 0 Å². The van der Waals surface area contributed by atoms with Crippen LogP contribution in [0.25, 0.3) is 0 Å². The number of urea groups is 1. The molecule has 1 saturated heterocycles. The number of thioether (sulfide) groups is 1. The van der Waals surface area contributed by atoms with Crippen molar-refractivity contribution in [2.24, 2.45) is 0 Å². The number of piperazine rings is 1. The fourth-order valence-corrected chi connectivity index (χ4v) is 1.85. The molecule has 1 rings (SSSR count). The number of hydrogen-bond acceptors (Lipinski definition) is 5. The number of nitrogens with zero attached hydrogens (tertiary/aromatic N) is 2. The van der Waals surface area contributed by atoms with Crippen molar-refractivity contribution in [3.63, 3.8) is 0 Å². The lowest BCUT2D eigenvalue weighted by Gasteiger charge is -2.32. The van der Waals surface area contributed by atoms with E-state index >= 15 is 0 Å². The molecule has 0 aromatic rings. The molecule has 7 nitrogen and oxygen atoms in total. The first-order valence-corrected chi connectivity index (χ1v) is 6.73. The van der Waals surface area contributed by atoms with Crippen LogP contribution in [0.3, 0.4) is 0 Å². The molecule has 1 N–H and O–H groups in total. The number of hydrogen-bond donors (Lipinski definition) is 1. The molecular weight excluding hydrogens is 258 g/mol. The second-order valence-electron chi connectivity index (χ2n) is 3.58. The standard InChI is InChI=1S/C10H15N3O4S/c1-3-12-4-5-13(9(16)8(12)15)10(17)11-7(6-14)18-2/h6-7H,3-5H2,1-2H3,(H,11,17). The van der Waals surface area contributed by atoms with Crippen LogP contribution < -0.4 is 5.32 Å². The summed E-state index contributed by atoms with van der Waals surface area (Å²) in [5.74, 6) is -1.54. The normalized spacial score (nSPS) is 17.7. The fourth-order valence-electron chi connectivity index (χ4n) is 1.52. The predicted octanol–water partition coefficient (Wildman–Crippen LogP) is -0.725. The van der Waals surface area contributed by atoms with Crippen LogP contribution in [0.4, 0.5) is 4.79 Å². The molecule has 0 aliphatic carbocycles. The number of nitrogens with one attached hydrogen (secondary N) is 1. The van der Waals surface area contributed by atoms with Gasteiger partial charge in [0, 0.05) is 19.6 Å². The van der Waals surface area contributed by atoms with Gasteiger partial charge in [-0.05, 0) is 13.2 Å². The van der Waals surface area contributed by atoms with E-state index in [-0.39, 0.29) is 6.54 Å². The molecule has 0 spiro atoms. The lowest BCUT2D eigenvalue weighted by atomic mass is 10.3. The molecular formula is C10H15N3O4S. The van der Waals surface area contributed by atoms with Gasteiger partial charge in [0.05, 0.1) is 0 Å². The minimum Gasteiger partial charge on any atom is -0.333 e. The van der Waals surface area contributed by atoms with Crippen LogP contribution in [0.1, 0.15) is 6.92 Å². The Morgan fingerprint density at radius 2 is 2.11 bits per heavy atom. The molecule has 8 heteroatoms. The molecule has 0 aromatic carbocycles. The molecule has 0 bridgehead atoms. The number of aldehydes is 1. The highest BCUT2D eigenvalue weighted by atomic mass is 32.2. The number of carbonyl (C=O) groups excluding carboxylic acids is 4. The molecule has 1 aliphatic heterocycles. The zero-order valence-corrected chi connectivity index (χ0v) is 11.0. The maximum atomic E-state index is 11.7. The van der Waals surface area contributed by atoms with Gasteiger partial charge in [-0.3, -0.25) is 14.5 Å². The van der Waals surface area contributed by atoms with E-state index in [2.05, 4.69) is 5.32 Å². The Kier molecular flexibility index (Phi) is 5.14. The third-order valence-corrected chi connectivity index (χ3v) is 3.32. The van der Waals surface area contributed by atoms with Gasteiger partial charge in [-0.2, -0.15) is 0 Å². The first kappa shape index (κ1) is 14.5. The van der Waals surface area contributed by atoms with E-state index in [4.69, 9.17) is 0 Å². The fraction of sp³-hybridized carbons (Fsp3) is 0.600. The Hall–Kier alpha value is -1.57. The molecule has 1 unspecified atom stereocenters. The zero-order valence-electron chi connectivity index (χ0n) is 10.2. The number of likely N-dealkylation sites (N-methyl/N-ethyl adjacent to an activating group) is 1. The molecule has 0 aromatic heterocycles. The number of amides is 4. The van der Waals surface area contributed by atoms with Gasteiger partial charge in [-0.15, -0.1) is 11.8 Å². The zero-order chi connectivity index (χ0) is 13.7. The average Bonchev–Trinajstić information content (AvgIpc) is 2.38. The van der Waals surface area contributed by atoms with Crippen molar-refractivity contribution in [1.29, 1.82) is 0 Å². The number of rotatable bonds is 4. The van der Waals surface area contributed by atoms with Crippen molar-refractivity contribution in [3.05, 3.63) is 0 Å². The summed E-state index contributed by atoms with van der Waals surface area (Å²) in [5.41, 5.74) is 0. The summed E-state index contributed by atoms with van der Waals surface area (Å²) in [4.78, 5) is 47.8. The van der Waals surface area contributed by atoms with Crippen LogP contribution in [0.15, 0.2) is 0 Å². The van der Waals surface area contributed by atoms with Crippen molar-refractivity contribution in [2.75, 3.05) is 25.9 Å². The van der Waals surface area contributed by atoms with Gasteiger partial charge in [0.2, 0.25) is 0 Å². The predicted molar refractivity (Wildman–Crippen MR) is 65.9 cm³/mol. The van der Waals surface area contributed by atoms with Gasteiger partial charge < -0.3 is 15.0 Å². The Morgan fingerprint density at radius 3 is 2.61 bits per heavy atom. The van der Waals surface area contributed by atoms with Crippen molar-refractivity contribution in [2.45, 2.75) is 12.3 Å². The minimum atomic E-state index is -0.855. The summed E-state index contributed by atoms with van der Waals surface area (Å²) in [6, 6.07) is -0.712. The monoisotopic (exact) mass is 273 g/mol. The second kappa shape index (κ2) is 6.39. The number of carbonyl (C=O) groups is 4. The SMILES string of the molecule is CCN1CCN(C(=O)NC(C=O)SC)C(=O)C1=O. The Bertz CT molecular complexity index is 374. The highest BCUT2D eigenvalue weighted by Crippen LogP contribution is 2.07. The van der Waals surface area contributed by atoms with Crippen molar-refractivity contribution >= 4 is 35.9 Å². The van der Waals surface area contributed by atoms with Crippen molar-refractivity contribution in [3.8, 4) is 0 Å².